The van der Waals surface area contributed by atoms with Gasteiger partial charge in [-0.3, -0.25) is 14.6 Å². The summed E-state index contributed by atoms with van der Waals surface area (Å²) < 4.78 is 27.0. The zero-order valence-corrected chi connectivity index (χ0v) is 16.5. The largest absolute Gasteiger partial charge is 0.339 e. The van der Waals surface area contributed by atoms with Crippen molar-refractivity contribution >= 4 is 28.4 Å². The highest BCUT2D eigenvalue weighted by atomic mass is 19.1. The van der Waals surface area contributed by atoms with Gasteiger partial charge in [0.05, 0.1) is 16.8 Å². The van der Waals surface area contributed by atoms with Crippen LogP contribution in [0.15, 0.2) is 48.7 Å². The lowest BCUT2D eigenvalue weighted by Crippen LogP contribution is -2.41. The lowest BCUT2D eigenvalue weighted by molar-refractivity contribution is -0.121. The van der Waals surface area contributed by atoms with Gasteiger partial charge >= 0.3 is 0 Å². The van der Waals surface area contributed by atoms with E-state index in [1.54, 1.807) is 6.20 Å². The summed E-state index contributed by atoms with van der Waals surface area (Å²) in [6.07, 6.45) is 2.67. The molecule has 1 aromatic heterocycles. The predicted octanol–water partition coefficient (Wildman–Crippen LogP) is 4.31. The molecule has 1 N–H and O–H groups in total. The van der Waals surface area contributed by atoms with Crippen LogP contribution in [0.1, 0.15) is 28.8 Å². The maximum atomic E-state index is 13.9. The van der Waals surface area contributed by atoms with Crippen LogP contribution < -0.4 is 5.32 Å². The second-order valence-electron chi connectivity index (χ2n) is 7.51. The number of halogens is 2. The third kappa shape index (κ3) is 3.87. The minimum absolute atomic E-state index is 0.107. The quantitative estimate of drug-likeness (QED) is 0.701. The summed E-state index contributed by atoms with van der Waals surface area (Å²) in [5.41, 5.74) is 2.43. The highest BCUT2D eigenvalue weighted by Crippen LogP contribution is 2.27. The molecule has 30 heavy (non-hydrogen) atoms. The standard InChI is InChI=1S/C23H21F2N3O2/c1-14-4-7-20(18-3-2-10-26-21(14)18)27-22(29)15-8-11-28(12-9-15)23(30)17-6-5-16(24)13-19(17)25/h2-7,10,13,15H,8-9,11-12H2,1H3,(H,27,29). The fraction of sp³-hybridized carbons (Fsp3) is 0.261. The van der Waals surface area contributed by atoms with Crippen molar-refractivity contribution in [2.45, 2.75) is 19.8 Å². The summed E-state index contributed by atoms with van der Waals surface area (Å²) in [6.45, 7) is 2.64. The van der Waals surface area contributed by atoms with Crippen LogP contribution in [-0.2, 0) is 4.79 Å². The number of likely N-dealkylation sites (tertiary alicyclic amines) is 1. The lowest BCUT2D eigenvalue weighted by atomic mass is 9.95. The molecule has 4 rings (SSSR count). The highest BCUT2D eigenvalue weighted by Gasteiger charge is 2.29. The Labute approximate surface area is 172 Å². The van der Waals surface area contributed by atoms with Gasteiger partial charge in [0, 0.05) is 36.7 Å². The van der Waals surface area contributed by atoms with E-state index in [0.29, 0.717) is 37.7 Å². The van der Waals surface area contributed by atoms with Crippen LogP contribution in [0.25, 0.3) is 10.9 Å². The topological polar surface area (TPSA) is 62.3 Å². The van der Waals surface area contributed by atoms with E-state index in [-0.39, 0.29) is 17.4 Å². The van der Waals surface area contributed by atoms with Gasteiger partial charge in [-0.2, -0.15) is 0 Å². The van der Waals surface area contributed by atoms with E-state index in [4.69, 9.17) is 0 Å². The summed E-state index contributed by atoms with van der Waals surface area (Å²) in [7, 11) is 0. The molecule has 7 heteroatoms. The summed E-state index contributed by atoms with van der Waals surface area (Å²) in [5, 5.41) is 3.87. The summed E-state index contributed by atoms with van der Waals surface area (Å²) in [4.78, 5) is 31.2. The Hall–Kier alpha value is -3.35. The van der Waals surface area contributed by atoms with Crippen molar-refractivity contribution in [1.29, 1.82) is 0 Å². The Morgan fingerprint density at radius 1 is 1.10 bits per heavy atom. The van der Waals surface area contributed by atoms with E-state index in [2.05, 4.69) is 10.3 Å². The summed E-state index contributed by atoms with van der Waals surface area (Å²) in [6, 6.07) is 10.5. The Balaban J connectivity index is 1.41. The summed E-state index contributed by atoms with van der Waals surface area (Å²) in [5.74, 6) is -2.44. The van der Waals surface area contributed by atoms with Crippen LogP contribution in [-0.4, -0.2) is 34.8 Å². The molecule has 154 valence electrons. The molecule has 0 aliphatic carbocycles. The maximum Gasteiger partial charge on any atom is 0.256 e. The molecule has 0 radical (unpaired) electrons. The zero-order valence-electron chi connectivity index (χ0n) is 16.5. The molecule has 0 saturated carbocycles. The Morgan fingerprint density at radius 2 is 1.87 bits per heavy atom. The van der Waals surface area contributed by atoms with Crippen LogP contribution in [0, 0.1) is 24.5 Å². The van der Waals surface area contributed by atoms with E-state index < -0.39 is 17.5 Å². The first-order chi connectivity index (χ1) is 14.4. The van der Waals surface area contributed by atoms with Gasteiger partial charge in [0.25, 0.3) is 5.91 Å². The summed E-state index contributed by atoms with van der Waals surface area (Å²) >= 11 is 0. The highest BCUT2D eigenvalue weighted by molar-refractivity contribution is 6.02. The van der Waals surface area contributed by atoms with Gasteiger partial charge in [-0.1, -0.05) is 6.07 Å². The fourth-order valence-electron chi connectivity index (χ4n) is 3.84. The van der Waals surface area contributed by atoms with Crippen LogP contribution in [0.5, 0.6) is 0 Å². The molecule has 0 unspecified atom stereocenters. The van der Waals surface area contributed by atoms with Crippen LogP contribution in [0.2, 0.25) is 0 Å². The Bertz CT molecular complexity index is 1120. The number of rotatable bonds is 3. The van der Waals surface area contributed by atoms with Crippen molar-refractivity contribution < 1.29 is 18.4 Å². The van der Waals surface area contributed by atoms with Gasteiger partial charge in [-0.25, -0.2) is 8.78 Å². The number of hydrogen-bond acceptors (Lipinski definition) is 3. The normalized spacial score (nSPS) is 14.7. The van der Waals surface area contributed by atoms with E-state index in [1.165, 1.54) is 4.90 Å². The number of benzene rings is 2. The van der Waals surface area contributed by atoms with Crippen molar-refractivity contribution in [3.63, 3.8) is 0 Å². The van der Waals surface area contributed by atoms with Crippen LogP contribution in [0.3, 0.4) is 0 Å². The molecule has 2 heterocycles. The van der Waals surface area contributed by atoms with Crippen molar-refractivity contribution in [2.24, 2.45) is 5.92 Å². The van der Waals surface area contributed by atoms with Gasteiger partial charge in [0.2, 0.25) is 5.91 Å². The number of aromatic nitrogens is 1. The number of carbonyl (C=O) groups is 2. The SMILES string of the molecule is Cc1ccc(NC(=O)C2CCN(C(=O)c3ccc(F)cc3F)CC2)c2cccnc12. The number of aryl methyl sites for hydroxylation is 1. The lowest BCUT2D eigenvalue weighted by Gasteiger charge is -2.31. The van der Waals surface area contributed by atoms with Crippen molar-refractivity contribution in [1.82, 2.24) is 9.88 Å². The van der Waals surface area contributed by atoms with Gasteiger partial charge in [-0.15, -0.1) is 0 Å². The number of pyridine rings is 1. The maximum absolute atomic E-state index is 13.9. The van der Waals surface area contributed by atoms with E-state index in [1.807, 2.05) is 31.2 Å². The number of hydrogen-bond donors (Lipinski definition) is 1. The zero-order chi connectivity index (χ0) is 21.3. The molecule has 1 fully saturated rings. The fourth-order valence-corrected chi connectivity index (χ4v) is 3.84. The van der Waals surface area contributed by atoms with Crippen molar-refractivity contribution in [2.75, 3.05) is 18.4 Å². The second kappa shape index (κ2) is 8.18. The third-order valence-electron chi connectivity index (χ3n) is 5.54. The molecule has 2 aromatic carbocycles. The monoisotopic (exact) mass is 409 g/mol. The van der Waals surface area contributed by atoms with Crippen molar-refractivity contribution in [3.05, 3.63) is 71.4 Å². The van der Waals surface area contributed by atoms with Gasteiger partial charge in [0.15, 0.2) is 0 Å². The number of piperidine rings is 1. The molecule has 0 atom stereocenters. The first kappa shape index (κ1) is 19.9. The molecular formula is C23H21F2N3O2. The smallest absolute Gasteiger partial charge is 0.256 e. The number of carbonyl (C=O) groups excluding carboxylic acids is 2. The van der Waals surface area contributed by atoms with Gasteiger partial charge < -0.3 is 10.2 Å². The predicted molar refractivity (Wildman–Crippen MR) is 110 cm³/mol. The molecule has 2 amide bonds. The van der Waals surface area contributed by atoms with E-state index in [0.717, 1.165) is 28.6 Å². The molecular weight excluding hydrogens is 388 g/mol. The molecule has 5 nitrogen and oxygen atoms in total. The van der Waals surface area contributed by atoms with E-state index in [9.17, 15) is 18.4 Å². The Morgan fingerprint density at radius 3 is 2.60 bits per heavy atom. The number of fused-ring (bicyclic) bond motifs is 1. The molecule has 1 aliphatic rings. The van der Waals surface area contributed by atoms with Crippen molar-refractivity contribution in [3.8, 4) is 0 Å². The molecule has 0 bridgehead atoms. The van der Waals surface area contributed by atoms with E-state index >= 15 is 0 Å². The Kier molecular flexibility index (Phi) is 5.44. The number of amides is 2. The minimum atomic E-state index is -0.875. The number of nitrogens with one attached hydrogen (secondary N) is 1. The minimum Gasteiger partial charge on any atom is -0.339 e. The molecule has 3 aromatic rings. The first-order valence-electron chi connectivity index (χ1n) is 9.83. The second-order valence-corrected chi connectivity index (χ2v) is 7.51. The average Bonchev–Trinajstić information content (AvgIpc) is 2.75. The average molecular weight is 409 g/mol. The third-order valence-corrected chi connectivity index (χ3v) is 5.54. The molecule has 1 aliphatic heterocycles. The number of anilines is 1. The van der Waals surface area contributed by atoms with Crippen LogP contribution >= 0.6 is 0 Å². The first-order valence-corrected chi connectivity index (χ1v) is 9.83. The number of nitrogens with zero attached hydrogens (tertiary/aromatic N) is 2. The van der Waals surface area contributed by atoms with Crippen LogP contribution in [0.4, 0.5) is 14.5 Å². The molecule has 1 saturated heterocycles. The van der Waals surface area contributed by atoms with Gasteiger partial charge in [0.1, 0.15) is 11.6 Å². The van der Waals surface area contributed by atoms with Gasteiger partial charge in [-0.05, 0) is 55.7 Å². The molecule has 0 spiro atoms.